The molecule has 2 atom stereocenters. The van der Waals surface area contributed by atoms with Gasteiger partial charge in [0, 0.05) is 19.0 Å². The van der Waals surface area contributed by atoms with Crippen LogP contribution in [0.5, 0.6) is 5.75 Å². The Labute approximate surface area is 110 Å². The second kappa shape index (κ2) is 5.72. The van der Waals surface area contributed by atoms with Crippen LogP contribution in [-0.2, 0) is 6.42 Å². The van der Waals surface area contributed by atoms with Crippen molar-refractivity contribution in [3.8, 4) is 5.75 Å². The average molecular weight is 248 g/mol. The van der Waals surface area contributed by atoms with Crippen molar-refractivity contribution in [1.82, 2.24) is 4.90 Å². The Morgan fingerprint density at radius 1 is 1.50 bits per heavy atom. The Hall–Kier alpha value is -1.06. The maximum absolute atomic E-state index is 5.97. The highest BCUT2D eigenvalue weighted by Crippen LogP contribution is 2.29. The molecular formula is C15H24N2O. The zero-order valence-electron chi connectivity index (χ0n) is 11.6. The van der Waals surface area contributed by atoms with Crippen molar-refractivity contribution < 1.29 is 4.74 Å². The van der Waals surface area contributed by atoms with Gasteiger partial charge in [0.25, 0.3) is 0 Å². The van der Waals surface area contributed by atoms with E-state index in [1.807, 2.05) is 0 Å². The molecule has 0 radical (unpaired) electrons. The minimum atomic E-state index is 0.275. The molecule has 1 aliphatic heterocycles. The van der Waals surface area contributed by atoms with Crippen LogP contribution in [0.15, 0.2) is 18.2 Å². The van der Waals surface area contributed by atoms with Gasteiger partial charge in [-0.1, -0.05) is 17.7 Å². The van der Waals surface area contributed by atoms with E-state index >= 15 is 0 Å². The molecule has 1 aromatic rings. The molecule has 0 aliphatic carbocycles. The van der Waals surface area contributed by atoms with Crippen LogP contribution >= 0.6 is 0 Å². The number of fused-ring (bicyclic) bond motifs is 1. The summed E-state index contributed by atoms with van der Waals surface area (Å²) in [4.78, 5) is 2.31. The first kappa shape index (κ1) is 13.4. The fourth-order valence-electron chi connectivity index (χ4n) is 2.41. The van der Waals surface area contributed by atoms with Gasteiger partial charge in [0.1, 0.15) is 11.9 Å². The Bertz CT molecular complexity index is 403. The minimum Gasteiger partial charge on any atom is -0.488 e. The predicted molar refractivity (Wildman–Crippen MR) is 75.1 cm³/mol. The third-order valence-electron chi connectivity index (χ3n) is 3.44. The maximum atomic E-state index is 5.97. The van der Waals surface area contributed by atoms with E-state index in [1.165, 1.54) is 11.1 Å². The Kier molecular flexibility index (Phi) is 4.25. The van der Waals surface area contributed by atoms with Crippen molar-refractivity contribution in [3.63, 3.8) is 0 Å². The molecule has 0 amide bonds. The number of nitrogens with two attached hydrogens (primary N) is 1. The van der Waals surface area contributed by atoms with E-state index < -0.39 is 0 Å². The molecule has 18 heavy (non-hydrogen) atoms. The van der Waals surface area contributed by atoms with Crippen LogP contribution in [0.25, 0.3) is 0 Å². The molecule has 2 N–H and O–H groups in total. The Morgan fingerprint density at radius 3 is 3.00 bits per heavy atom. The molecular weight excluding hydrogens is 224 g/mol. The lowest BCUT2D eigenvalue weighted by molar-refractivity contribution is 0.166. The SMILES string of the molecule is Cc1ccc2c(c1)CC(CN(C)CCC(C)N)O2. The van der Waals surface area contributed by atoms with E-state index in [9.17, 15) is 0 Å². The first-order valence-corrected chi connectivity index (χ1v) is 6.75. The van der Waals surface area contributed by atoms with Crippen molar-refractivity contribution >= 4 is 0 Å². The van der Waals surface area contributed by atoms with Gasteiger partial charge in [0.15, 0.2) is 0 Å². The number of likely N-dealkylation sites (N-methyl/N-ethyl adjacent to an activating group) is 1. The smallest absolute Gasteiger partial charge is 0.123 e. The summed E-state index contributed by atoms with van der Waals surface area (Å²) < 4.78 is 5.97. The topological polar surface area (TPSA) is 38.5 Å². The van der Waals surface area contributed by atoms with Gasteiger partial charge >= 0.3 is 0 Å². The molecule has 0 spiro atoms. The van der Waals surface area contributed by atoms with Crippen molar-refractivity contribution in [2.45, 2.75) is 38.8 Å². The summed E-state index contributed by atoms with van der Waals surface area (Å²) in [5.41, 5.74) is 8.43. The fraction of sp³-hybridized carbons (Fsp3) is 0.600. The number of nitrogens with zero attached hydrogens (tertiary/aromatic N) is 1. The summed E-state index contributed by atoms with van der Waals surface area (Å²) in [7, 11) is 2.14. The molecule has 3 heteroatoms. The number of rotatable bonds is 5. The van der Waals surface area contributed by atoms with Gasteiger partial charge in [-0.05, 0) is 45.5 Å². The monoisotopic (exact) mass is 248 g/mol. The highest BCUT2D eigenvalue weighted by molar-refractivity contribution is 5.40. The number of hydrogen-bond acceptors (Lipinski definition) is 3. The summed E-state index contributed by atoms with van der Waals surface area (Å²) >= 11 is 0. The van der Waals surface area contributed by atoms with E-state index in [0.717, 1.165) is 31.7 Å². The van der Waals surface area contributed by atoms with Crippen molar-refractivity contribution in [1.29, 1.82) is 0 Å². The first-order valence-electron chi connectivity index (χ1n) is 6.75. The zero-order chi connectivity index (χ0) is 13.1. The molecule has 1 aliphatic rings. The molecule has 2 rings (SSSR count). The number of aryl methyl sites for hydroxylation is 1. The summed E-state index contributed by atoms with van der Waals surface area (Å²) in [5.74, 6) is 1.06. The number of benzene rings is 1. The lowest BCUT2D eigenvalue weighted by Crippen LogP contribution is -2.34. The summed E-state index contributed by atoms with van der Waals surface area (Å²) in [6, 6.07) is 6.71. The quantitative estimate of drug-likeness (QED) is 0.866. The molecule has 0 aromatic heterocycles. The van der Waals surface area contributed by atoms with Crippen LogP contribution < -0.4 is 10.5 Å². The predicted octanol–water partition coefficient (Wildman–Crippen LogP) is 1.97. The second-order valence-corrected chi connectivity index (χ2v) is 5.58. The summed E-state index contributed by atoms with van der Waals surface area (Å²) in [6.07, 6.45) is 2.36. The second-order valence-electron chi connectivity index (χ2n) is 5.58. The van der Waals surface area contributed by atoms with Crippen LogP contribution in [0.3, 0.4) is 0 Å². The van der Waals surface area contributed by atoms with Crippen LogP contribution in [0.2, 0.25) is 0 Å². The number of ether oxygens (including phenoxy) is 1. The Balaban J connectivity index is 1.84. The third-order valence-corrected chi connectivity index (χ3v) is 3.44. The lowest BCUT2D eigenvalue weighted by atomic mass is 10.1. The van der Waals surface area contributed by atoms with Crippen LogP contribution in [-0.4, -0.2) is 37.2 Å². The molecule has 0 bridgehead atoms. The highest BCUT2D eigenvalue weighted by atomic mass is 16.5. The van der Waals surface area contributed by atoms with Crippen molar-refractivity contribution in [2.75, 3.05) is 20.1 Å². The maximum Gasteiger partial charge on any atom is 0.123 e. The van der Waals surface area contributed by atoms with Gasteiger partial charge in [-0.3, -0.25) is 0 Å². The average Bonchev–Trinajstić information content (AvgIpc) is 2.67. The Morgan fingerprint density at radius 2 is 2.28 bits per heavy atom. The lowest BCUT2D eigenvalue weighted by Gasteiger charge is -2.21. The molecule has 0 saturated heterocycles. The highest BCUT2D eigenvalue weighted by Gasteiger charge is 2.23. The van der Waals surface area contributed by atoms with Crippen LogP contribution in [0.1, 0.15) is 24.5 Å². The van der Waals surface area contributed by atoms with Gasteiger partial charge < -0.3 is 15.4 Å². The van der Waals surface area contributed by atoms with Gasteiger partial charge in [0.05, 0.1) is 0 Å². The van der Waals surface area contributed by atoms with Gasteiger partial charge in [0.2, 0.25) is 0 Å². The van der Waals surface area contributed by atoms with Gasteiger partial charge in [-0.2, -0.15) is 0 Å². The zero-order valence-corrected chi connectivity index (χ0v) is 11.6. The van der Waals surface area contributed by atoms with E-state index in [-0.39, 0.29) is 6.04 Å². The third kappa shape index (κ3) is 3.47. The van der Waals surface area contributed by atoms with E-state index in [4.69, 9.17) is 10.5 Å². The fourth-order valence-corrected chi connectivity index (χ4v) is 2.41. The summed E-state index contributed by atoms with van der Waals surface area (Å²) in [5, 5.41) is 0. The van der Waals surface area contributed by atoms with Gasteiger partial charge in [-0.25, -0.2) is 0 Å². The van der Waals surface area contributed by atoms with Crippen molar-refractivity contribution in [2.24, 2.45) is 5.73 Å². The van der Waals surface area contributed by atoms with Crippen LogP contribution in [0.4, 0.5) is 0 Å². The van der Waals surface area contributed by atoms with E-state index in [0.29, 0.717) is 6.10 Å². The molecule has 100 valence electrons. The minimum absolute atomic E-state index is 0.275. The standard InChI is InChI=1S/C15H24N2O/c1-11-4-5-15-13(8-11)9-14(18-15)10-17(3)7-6-12(2)16/h4-5,8,12,14H,6-7,9-10,16H2,1-3H3. The molecule has 1 aromatic carbocycles. The normalized spacial score (nSPS) is 19.7. The van der Waals surface area contributed by atoms with Crippen LogP contribution in [0, 0.1) is 6.92 Å². The molecule has 1 heterocycles. The first-order chi connectivity index (χ1) is 8.54. The molecule has 0 saturated carbocycles. The largest absolute Gasteiger partial charge is 0.488 e. The molecule has 0 fully saturated rings. The van der Waals surface area contributed by atoms with Crippen molar-refractivity contribution in [3.05, 3.63) is 29.3 Å². The molecule has 2 unspecified atom stereocenters. The number of hydrogen-bond donors (Lipinski definition) is 1. The molecule has 3 nitrogen and oxygen atoms in total. The van der Waals surface area contributed by atoms with Gasteiger partial charge in [-0.15, -0.1) is 0 Å². The van der Waals surface area contributed by atoms with E-state index in [1.54, 1.807) is 0 Å². The summed E-state index contributed by atoms with van der Waals surface area (Å²) in [6.45, 7) is 6.19. The van der Waals surface area contributed by atoms with E-state index in [2.05, 4.69) is 44.0 Å².